The first-order chi connectivity index (χ1) is 7.15. The highest BCUT2D eigenvalue weighted by Crippen LogP contribution is 2.33. The molecule has 0 amide bonds. The molecule has 2 aliphatic heterocycles. The molecule has 2 N–H and O–H groups in total. The summed E-state index contributed by atoms with van der Waals surface area (Å²) >= 11 is 0. The van der Waals surface area contributed by atoms with Gasteiger partial charge in [-0.3, -0.25) is 4.79 Å². The molecule has 4 nitrogen and oxygen atoms in total. The number of carboxylic acid groups (broad SMARTS) is 1. The Bertz CT molecular complexity index is 249. The normalized spacial score (nSPS) is 38.1. The zero-order chi connectivity index (χ0) is 10.9. The summed E-state index contributed by atoms with van der Waals surface area (Å²) in [6, 6.07) is 0. The van der Waals surface area contributed by atoms with Gasteiger partial charge in [0.25, 0.3) is 0 Å². The first-order valence-electron chi connectivity index (χ1n) is 5.82. The molecule has 2 aliphatic rings. The molecule has 15 heavy (non-hydrogen) atoms. The van der Waals surface area contributed by atoms with Crippen LogP contribution >= 0.6 is 0 Å². The average Bonchev–Trinajstić information content (AvgIpc) is 2.66. The van der Waals surface area contributed by atoms with Gasteiger partial charge in [0.05, 0.1) is 0 Å². The molecule has 0 spiro atoms. The molecule has 2 unspecified atom stereocenters. The van der Waals surface area contributed by atoms with E-state index in [1.165, 1.54) is 0 Å². The maximum Gasteiger partial charge on any atom is 0.324 e. The number of rotatable bonds is 2. The third-order valence-corrected chi connectivity index (χ3v) is 3.91. The van der Waals surface area contributed by atoms with Gasteiger partial charge in [-0.1, -0.05) is 0 Å². The number of carbonyl (C=O) groups is 1. The van der Waals surface area contributed by atoms with Gasteiger partial charge in [-0.2, -0.15) is 0 Å². The molecule has 0 aromatic carbocycles. The Morgan fingerprint density at radius 3 is 2.80 bits per heavy atom. The van der Waals surface area contributed by atoms with Gasteiger partial charge >= 0.3 is 5.97 Å². The van der Waals surface area contributed by atoms with E-state index in [4.69, 9.17) is 0 Å². The Morgan fingerprint density at radius 2 is 2.33 bits per heavy atom. The molecule has 86 valence electrons. The van der Waals surface area contributed by atoms with Gasteiger partial charge in [-0.05, 0) is 45.8 Å². The molecule has 2 fully saturated rings. The third kappa shape index (κ3) is 1.88. The van der Waals surface area contributed by atoms with Crippen LogP contribution in [0, 0.1) is 5.92 Å². The van der Waals surface area contributed by atoms with Crippen molar-refractivity contribution in [3.63, 3.8) is 0 Å². The number of carboxylic acids is 1. The van der Waals surface area contributed by atoms with Gasteiger partial charge in [0.2, 0.25) is 0 Å². The fraction of sp³-hybridized carbons (Fsp3) is 0.909. The van der Waals surface area contributed by atoms with E-state index in [1.54, 1.807) is 0 Å². The van der Waals surface area contributed by atoms with E-state index in [2.05, 4.69) is 17.3 Å². The van der Waals surface area contributed by atoms with Gasteiger partial charge in [0.1, 0.15) is 5.54 Å². The molecule has 0 saturated carbocycles. The van der Waals surface area contributed by atoms with E-state index in [9.17, 15) is 9.90 Å². The number of likely N-dealkylation sites (tertiary alicyclic amines) is 1. The lowest BCUT2D eigenvalue weighted by molar-refractivity contribution is -0.148. The standard InChI is InChI=1S/C11H20N2O2/c1-13-7-4-9(8-13)11(10(14)15)5-2-3-6-12-11/h9,12H,2-8H2,1H3,(H,14,15). The summed E-state index contributed by atoms with van der Waals surface area (Å²) in [6.07, 6.45) is 3.95. The van der Waals surface area contributed by atoms with Crippen molar-refractivity contribution in [2.24, 2.45) is 5.92 Å². The molecular formula is C11H20N2O2. The van der Waals surface area contributed by atoms with Crippen LogP contribution in [0.15, 0.2) is 0 Å². The minimum Gasteiger partial charge on any atom is -0.480 e. The molecule has 2 saturated heterocycles. The van der Waals surface area contributed by atoms with E-state index < -0.39 is 11.5 Å². The van der Waals surface area contributed by atoms with Gasteiger partial charge < -0.3 is 15.3 Å². The second kappa shape index (κ2) is 4.10. The van der Waals surface area contributed by atoms with Crippen molar-refractivity contribution >= 4 is 5.97 Å². The molecule has 0 aliphatic carbocycles. The highest BCUT2D eigenvalue weighted by atomic mass is 16.4. The maximum atomic E-state index is 11.5. The summed E-state index contributed by atoms with van der Waals surface area (Å²) in [5, 5.41) is 12.7. The molecule has 2 rings (SSSR count). The number of hydrogen-bond donors (Lipinski definition) is 2. The summed E-state index contributed by atoms with van der Waals surface area (Å²) in [6.45, 7) is 2.80. The first kappa shape index (κ1) is 10.9. The summed E-state index contributed by atoms with van der Waals surface area (Å²) in [4.78, 5) is 13.7. The van der Waals surface area contributed by atoms with Crippen molar-refractivity contribution in [3.05, 3.63) is 0 Å². The van der Waals surface area contributed by atoms with Crippen molar-refractivity contribution in [1.29, 1.82) is 0 Å². The largest absolute Gasteiger partial charge is 0.480 e. The molecular weight excluding hydrogens is 192 g/mol. The Labute approximate surface area is 90.6 Å². The number of nitrogens with one attached hydrogen (secondary N) is 1. The van der Waals surface area contributed by atoms with Crippen molar-refractivity contribution in [2.45, 2.75) is 31.2 Å². The van der Waals surface area contributed by atoms with Crippen LogP contribution < -0.4 is 5.32 Å². The predicted octanol–water partition coefficient (Wildman–Crippen LogP) is 0.535. The fourth-order valence-corrected chi connectivity index (χ4v) is 2.97. The second-order valence-corrected chi connectivity index (χ2v) is 4.91. The third-order valence-electron chi connectivity index (χ3n) is 3.91. The van der Waals surface area contributed by atoms with Crippen LogP contribution in [0.4, 0.5) is 0 Å². The van der Waals surface area contributed by atoms with Crippen molar-refractivity contribution in [3.8, 4) is 0 Å². The zero-order valence-electron chi connectivity index (χ0n) is 9.33. The van der Waals surface area contributed by atoms with Crippen molar-refractivity contribution < 1.29 is 9.90 Å². The summed E-state index contributed by atoms with van der Waals surface area (Å²) < 4.78 is 0. The number of piperidine rings is 1. The Hall–Kier alpha value is -0.610. The fourth-order valence-electron chi connectivity index (χ4n) is 2.97. The van der Waals surface area contributed by atoms with Crippen molar-refractivity contribution in [1.82, 2.24) is 10.2 Å². The van der Waals surface area contributed by atoms with E-state index in [0.29, 0.717) is 0 Å². The molecule has 4 heteroatoms. The average molecular weight is 212 g/mol. The molecule has 2 heterocycles. The second-order valence-electron chi connectivity index (χ2n) is 4.91. The van der Waals surface area contributed by atoms with E-state index in [-0.39, 0.29) is 5.92 Å². The molecule has 0 bridgehead atoms. The first-order valence-corrected chi connectivity index (χ1v) is 5.82. The minimum absolute atomic E-state index is 0.278. The Kier molecular flexibility index (Phi) is 2.98. The smallest absolute Gasteiger partial charge is 0.324 e. The highest BCUT2D eigenvalue weighted by molar-refractivity contribution is 5.79. The van der Waals surface area contributed by atoms with Crippen LogP contribution in [0.3, 0.4) is 0 Å². The van der Waals surface area contributed by atoms with E-state index in [1.807, 2.05) is 0 Å². The minimum atomic E-state index is -0.650. The summed E-state index contributed by atoms with van der Waals surface area (Å²) in [7, 11) is 2.07. The number of nitrogens with zero attached hydrogens (tertiary/aromatic N) is 1. The monoisotopic (exact) mass is 212 g/mol. The van der Waals surface area contributed by atoms with Crippen LogP contribution in [0.2, 0.25) is 0 Å². The molecule has 0 aromatic heterocycles. The van der Waals surface area contributed by atoms with Crippen LogP contribution in [0.5, 0.6) is 0 Å². The van der Waals surface area contributed by atoms with Gasteiger partial charge in [0.15, 0.2) is 0 Å². The predicted molar refractivity (Wildman–Crippen MR) is 57.8 cm³/mol. The highest BCUT2D eigenvalue weighted by Gasteiger charge is 2.48. The van der Waals surface area contributed by atoms with Crippen LogP contribution in [-0.4, -0.2) is 48.2 Å². The quantitative estimate of drug-likeness (QED) is 0.701. The lowest BCUT2D eigenvalue weighted by atomic mass is 9.77. The Morgan fingerprint density at radius 1 is 1.53 bits per heavy atom. The Balaban J connectivity index is 2.14. The maximum absolute atomic E-state index is 11.5. The van der Waals surface area contributed by atoms with Crippen LogP contribution in [0.1, 0.15) is 25.7 Å². The SMILES string of the molecule is CN1CCC(C2(C(=O)O)CCCCN2)C1. The number of hydrogen-bond acceptors (Lipinski definition) is 3. The summed E-state index contributed by atoms with van der Waals surface area (Å²) in [5.74, 6) is -0.372. The van der Waals surface area contributed by atoms with Crippen LogP contribution in [0.25, 0.3) is 0 Å². The van der Waals surface area contributed by atoms with E-state index in [0.717, 1.165) is 45.3 Å². The van der Waals surface area contributed by atoms with Gasteiger partial charge in [-0.25, -0.2) is 0 Å². The van der Waals surface area contributed by atoms with Crippen LogP contribution in [-0.2, 0) is 4.79 Å². The summed E-state index contributed by atoms with van der Waals surface area (Å²) in [5.41, 5.74) is -0.636. The zero-order valence-corrected chi connectivity index (χ0v) is 9.33. The molecule has 0 radical (unpaired) electrons. The molecule has 2 atom stereocenters. The number of aliphatic carboxylic acids is 1. The van der Waals surface area contributed by atoms with Crippen molar-refractivity contribution in [2.75, 3.05) is 26.7 Å². The van der Waals surface area contributed by atoms with Gasteiger partial charge in [-0.15, -0.1) is 0 Å². The van der Waals surface area contributed by atoms with Gasteiger partial charge in [0, 0.05) is 12.5 Å². The lowest BCUT2D eigenvalue weighted by Crippen LogP contribution is -2.60. The van der Waals surface area contributed by atoms with E-state index >= 15 is 0 Å². The lowest BCUT2D eigenvalue weighted by Gasteiger charge is -2.39. The molecule has 0 aromatic rings. The topological polar surface area (TPSA) is 52.6 Å².